The second-order valence-electron chi connectivity index (χ2n) is 5.22. The van der Waals surface area contributed by atoms with Crippen LogP contribution in [-0.4, -0.2) is 48.7 Å². The Kier molecular flexibility index (Phi) is 4.40. The van der Waals surface area contributed by atoms with Crippen molar-refractivity contribution in [2.24, 2.45) is 0 Å². The lowest BCUT2D eigenvalue weighted by atomic mass is 10.2. The monoisotopic (exact) mass is 240 g/mol. The molecule has 0 amide bonds. The van der Waals surface area contributed by atoms with Crippen molar-refractivity contribution in [3.63, 3.8) is 0 Å². The fourth-order valence-electron chi connectivity index (χ4n) is 2.73. The van der Waals surface area contributed by atoms with E-state index >= 15 is 0 Å². The van der Waals surface area contributed by atoms with E-state index in [1.165, 1.54) is 19.3 Å². The van der Waals surface area contributed by atoms with Gasteiger partial charge in [-0.25, -0.2) is 0 Å². The van der Waals surface area contributed by atoms with Crippen molar-refractivity contribution < 1.29 is 9.53 Å². The van der Waals surface area contributed by atoms with Gasteiger partial charge < -0.3 is 10.1 Å². The lowest BCUT2D eigenvalue weighted by Crippen LogP contribution is -2.35. The number of nitrogens with zero attached hydrogens (tertiary/aromatic N) is 1. The summed E-state index contributed by atoms with van der Waals surface area (Å²) in [6, 6.07) is 2.10. The first-order chi connectivity index (χ1) is 8.20. The fourth-order valence-corrected chi connectivity index (χ4v) is 2.73. The minimum Gasteiger partial charge on any atom is -0.466 e. The molecule has 0 bridgehead atoms. The van der Waals surface area contributed by atoms with Crippen molar-refractivity contribution in [1.82, 2.24) is 10.2 Å². The van der Waals surface area contributed by atoms with E-state index in [-0.39, 0.29) is 5.97 Å². The van der Waals surface area contributed by atoms with E-state index in [1.54, 1.807) is 0 Å². The van der Waals surface area contributed by atoms with Crippen LogP contribution < -0.4 is 5.32 Å². The Morgan fingerprint density at radius 1 is 1.47 bits per heavy atom. The summed E-state index contributed by atoms with van der Waals surface area (Å²) in [5.74, 6) is -0.0925. The van der Waals surface area contributed by atoms with Crippen LogP contribution in [0.1, 0.15) is 39.5 Å². The molecule has 1 aliphatic carbocycles. The maximum Gasteiger partial charge on any atom is 0.307 e. The molecule has 2 rings (SSSR count). The van der Waals surface area contributed by atoms with E-state index in [1.807, 2.05) is 6.92 Å². The number of nitrogens with one attached hydrogen (secondary N) is 1. The molecule has 4 heteroatoms. The van der Waals surface area contributed by atoms with E-state index in [0.717, 1.165) is 19.1 Å². The van der Waals surface area contributed by atoms with Gasteiger partial charge in [0.15, 0.2) is 0 Å². The highest BCUT2D eigenvalue weighted by molar-refractivity contribution is 5.69. The first-order valence-electron chi connectivity index (χ1n) is 6.85. The normalized spacial score (nSPS) is 29.5. The van der Waals surface area contributed by atoms with Gasteiger partial charge in [-0.1, -0.05) is 0 Å². The van der Waals surface area contributed by atoms with Gasteiger partial charge in [-0.05, 0) is 33.1 Å². The molecule has 0 aromatic carbocycles. The van der Waals surface area contributed by atoms with Gasteiger partial charge in [0.05, 0.1) is 13.0 Å². The summed E-state index contributed by atoms with van der Waals surface area (Å²) in [6.45, 7) is 6.53. The molecule has 1 N–H and O–H groups in total. The first-order valence-corrected chi connectivity index (χ1v) is 6.85. The van der Waals surface area contributed by atoms with Crippen LogP contribution in [0.25, 0.3) is 0 Å². The largest absolute Gasteiger partial charge is 0.466 e. The zero-order valence-electron chi connectivity index (χ0n) is 10.9. The van der Waals surface area contributed by atoms with Gasteiger partial charge in [0.25, 0.3) is 0 Å². The Morgan fingerprint density at radius 2 is 2.24 bits per heavy atom. The van der Waals surface area contributed by atoms with E-state index in [0.29, 0.717) is 25.1 Å². The highest BCUT2D eigenvalue weighted by Crippen LogP contribution is 2.33. The number of likely N-dealkylation sites (tertiary alicyclic amines) is 1. The zero-order chi connectivity index (χ0) is 12.3. The van der Waals surface area contributed by atoms with Gasteiger partial charge in [0.1, 0.15) is 0 Å². The molecule has 0 spiro atoms. The molecule has 2 atom stereocenters. The summed E-state index contributed by atoms with van der Waals surface area (Å²) in [4.78, 5) is 13.8. The van der Waals surface area contributed by atoms with Gasteiger partial charge in [-0.2, -0.15) is 0 Å². The number of carbonyl (C=O) groups excluding carboxylic acids is 1. The second kappa shape index (κ2) is 5.83. The van der Waals surface area contributed by atoms with Crippen LogP contribution in [-0.2, 0) is 9.53 Å². The summed E-state index contributed by atoms with van der Waals surface area (Å²) in [6.07, 6.45) is 4.45. The summed E-state index contributed by atoms with van der Waals surface area (Å²) in [7, 11) is 0. The molecular weight excluding hydrogens is 216 g/mol. The molecule has 2 fully saturated rings. The molecule has 1 heterocycles. The third-order valence-electron chi connectivity index (χ3n) is 3.71. The van der Waals surface area contributed by atoms with Gasteiger partial charge in [-0.15, -0.1) is 0 Å². The predicted molar refractivity (Wildman–Crippen MR) is 66.8 cm³/mol. The van der Waals surface area contributed by atoms with Gasteiger partial charge >= 0.3 is 5.97 Å². The van der Waals surface area contributed by atoms with Crippen molar-refractivity contribution in [3.05, 3.63) is 0 Å². The minimum atomic E-state index is -0.0925. The molecule has 2 unspecified atom stereocenters. The minimum absolute atomic E-state index is 0.0925. The average molecular weight is 240 g/mol. The summed E-state index contributed by atoms with van der Waals surface area (Å²) in [5, 5.41) is 3.47. The maximum absolute atomic E-state index is 11.2. The molecule has 0 aromatic heterocycles. The lowest BCUT2D eigenvalue weighted by molar-refractivity contribution is -0.142. The Labute approximate surface area is 104 Å². The number of hydrogen-bond donors (Lipinski definition) is 1. The molecule has 1 saturated heterocycles. The smallest absolute Gasteiger partial charge is 0.307 e. The topological polar surface area (TPSA) is 41.6 Å². The SMILES string of the molecule is CCOC(=O)CCNC1CC(C)N(C2CC2)C1. The van der Waals surface area contributed by atoms with Crippen LogP contribution in [0, 0.1) is 0 Å². The number of esters is 1. The van der Waals surface area contributed by atoms with Gasteiger partial charge in [0.2, 0.25) is 0 Å². The molecule has 17 heavy (non-hydrogen) atoms. The molecule has 0 radical (unpaired) electrons. The summed E-state index contributed by atoms with van der Waals surface area (Å²) < 4.78 is 4.91. The lowest BCUT2D eigenvalue weighted by Gasteiger charge is -2.19. The van der Waals surface area contributed by atoms with Crippen LogP contribution >= 0.6 is 0 Å². The van der Waals surface area contributed by atoms with Crippen LogP contribution in [0.3, 0.4) is 0 Å². The Balaban J connectivity index is 1.62. The van der Waals surface area contributed by atoms with Crippen molar-refractivity contribution in [1.29, 1.82) is 0 Å². The highest BCUT2D eigenvalue weighted by Gasteiger charge is 2.38. The van der Waals surface area contributed by atoms with Gasteiger partial charge in [-0.3, -0.25) is 9.69 Å². The van der Waals surface area contributed by atoms with E-state index in [9.17, 15) is 4.79 Å². The van der Waals surface area contributed by atoms with Crippen molar-refractivity contribution in [2.45, 2.75) is 57.7 Å². The quantitative estimate of drug-likeness (QED) is 0.707. The number of ether oxygens (including phenoxy) is 1. The molecule has 0 aromatic rings. The number of hydrogen-bond acceptors (Lipinski definition) is 4. The van der Waals surface area contributed by atoms with Crippen LogP contribution in [0.4, 0.5) is 0 Å². The Morgan fingerprint density at radius 3 is 2.88 bits per heavy atom. The number of carbonyl (C=O) groups is 1. The zero-order valence-corrected chi connectivity index (χ0v) is 10.9. The fraction of sp³-hybridized carbons (Fsp3) is 0.923. The van der Waals surface area contributed by atoms with Crippen LogP contribution in [0.2, 0.25) is 0 Å². The molecule has 1 saturated carbocycles. The highest BCUT2D eigenvalue weighted by atomic mass is 16.5. The van der Waals surface area contributed by atoms with Crippen molar-refractivity contribution >= 4 is 5.97 Å². The van der Waals surface area contributed by atoms with Crippen molar-refractivity contribution in [3.8, 4) is 0 Å². The Hall–Kier alpha value is -0.610. The Bertz CT molecular complexity index is 266. The van der Waals surface area contributed by atoms with Crippen LogP contribution in [0.15, 0.2) is 0 Å². The molecule has 4 nitrogen and oxygen atoms in total. The van der Waals surface area contributed by atoms with E-state index in [4.69, 9.17) is 4.74 Å². The maximum atomic E-state index is 11.2. The third kappa shape index (κ3) is 3.68. The molecule has 1 aliphatic heterocycles. The van der Waals surface area contributed by atoms with E-state index in [2.05, 4.69) is 17.1 Å². The van der Waals surface area contributed by atoms with E-state index < -0.39 is 0 Å². The molecule has 98 valence electrons. The third-order valence-corrected chi connectivity index (χ3v) is 3.71. The van der Waals surface area contributed by atoms with Crippen molar-refractivity contribution in [2.75, 3.05) is 19.7 Å². The summed E-state index contributed by atoms with van der Waals surface area (Å²) in [5.41, 5.74) is 0. The van der Waals surface area contributed by atoms with Gasteiger partial charge in [0, 0.05) is 31.2 Å². The number of rotatable bonds is 6. The first kappa shape index (κ1) is 12.8. The second-order valence-corrected chi connectivity index (χ2v) is 5.22. The molecule has 2 aliphatic rings. The van der Waals surface area contributed by atoms with Crippen LogP contribution in [0.5, 0.6) is 0 Å². The average Bonchev–Trinajstić information content (AvgIpc) is 3.04. The summed E-state index contributed by atoms with van der Waals surface area (Å²) >= 11 is 0. The molecular formula is C13H24N2O2. The predicted octanol–water partition coefficient (Wildman–Crippen LogP) is 1.15. The standard InChI is InChI=1S/C13H24N2O2/c1-3-17-13(16)6-7-14-11-8-10(2)15(9-11)12-4-5-12/h10-12,14H,3-9H2,1-2H3.